The number of cyclic esters (lactones) is 1. The van der Waals surface area contributed by atoms with Crippen molar-refractivity contribution in [2.24, 2.45) is 0 Å². The molecule has 2 aliphatic heterocycles. The predicted molar refractivity (Wildman–Crippen MR) is 113 cm³/mol. The molecule has 2 aliphatic rings. The first-order valence-electron chi connectivity index (χ1n) is 10.7. The number of phenols is 1. The largest absolute Gasteiger partial charge is 0.507 e. The van der Waals surface area contributed by atoms with Gasteiger partial charge in [-0.05, 0) is 37.8 Å². The zero-order chi connectivity index (χ0) is 22.4. The lowest BCUT2D eigenvalue weighted by molar-refractivity contribution is -0.144. The molecular formula is C23H31NO7. The monoisotopic (exact) mass is 433 g/mol. The van der Waals surface area contributed by atoms with Gasteiger partial charge in [-0.2, -0.15) is 0 Å². The number of aliphatic hydroxyl groups is 1. The first-order valence-corrected chi connectivity index (χ1v) is 10.7. The Bertz CT molecular complexity index is 856. The summed E-state index contributed by atoms with van der Waals surface area (Å²) in [5.41, 5.74) is 3.70. The Balaban J connectivity index is 1.53. The number of aromatic hydroxyl groups is 1. The lowest BCUT2D eigenvalue weighted by Crippen LogP contribution is -2.38. The molecular weight excluding hydrogens is 402 g/mol. The smallest absolute Gasteiger partial charge is 0.342 e. The van der Waals surface area contributed by atoms with E-state index in [0.717, 1.165) is 37.4 Å². The van der Waals surface area contributed by atoms with E-state index in [1.165, 1.54) is 0 Å². The molecule has 0 saturated carbocycles. The van der Waals surface area contributed by atoms with Gasteiger partial charge < -0.3 is 24.4 Å². The second kappa shape index (κ2) is 10.7. The van der Waals surface area contributed by atoms with Gasteiger partial charge >= 0.3 is 11.9 Å². The van der Waals surface area contributed by atoms with Crippen LogP contribution in [-0.2, 0) is 38.6 Å². The number of morpholine rings is 1. The zero-order valence-electron chi connectivity index (χ0n) is 18.2. The van der Waals surface area contributed by atoms with Crippen LogP contribution in [0.1, 0.15) is 52.4 Å². The number of hydrogen-bond donors (Lipinski definition) is 2. The van der Waals surface area contributed by atoms with Gasteiger partial charge in [0.25, 0.3) is 0 Å². The molecule has 2 N–H and O–H groups in total. The molecule has 0 spiro atoms. The molecule has 3 rings (SSSR count). The molecule has 1 saturated heterocycles. The van der Waals surface area contributed by atoms with E-state index in [0.29, 0.717) is 42.7 Å². The number of carbonyl (C=O) groups excluding carboxylic acids is 2. The number of allylic oxidation sites excluding steroid dienone is 2. The quantitative estimate of drug-likeness (QED) is 0.450. The van der Waals surface area contributed by atoms with Gasteiger partial charge in [-0.3, -0.25) is 9.69 Å². The molecule has 1 aromatic rings. The van der Waals surface area contributed by atoms with Gasteiger partial charge in [0.15, 0.2) is 0 Å². The molecule has 0 aromatic heterocycles. The first-order chi connectivity index (χ1) is 14.9. The van der Waals surface area contributed by atoms with Crippen molar-refractivity contribution in [1.82, 2.24) is 4.90 Å². The fourth-order valence-corrected chi connectivity index (χ4v) is 3.94. The molecule has 8 heteroatoms. The third-order valence-electron chi connectivity index (χ3n) is 5.96. The summed E-state index contributed by atoms with van der Waals surface area (Å²) in [5, 5.41) is 20.4. The van der Waals surface area contributed by atoms with E-state index in [1.54, 1.807) is 0 Å². The fraction of sp³-hybridized carbons (Fsp3) is 0.565. The number of benzene rings is 1. The van der Waals surface area contributed by atoms with Crippen molar-refractivity contribution in [1.29, 1.82) is 0 Å². The van der Waals surface area contributed by atoms with E-state index in [4.69, 9.17) is 14.2 Å². The maximum atomic E-state index is 12.0. The Hall–Kier alpha value is -2.42. The number of nitrogens with zero attached hydrogens (tertiary/aromatic N) is 1. The summed E-state index contributed by atoms with van der Waals surface area (Å²) >= 11 is 0. The minimum absolute atomic E-state index is 0.114. The van der Waals surface area contributed by atoms with Crippen molar-refractivity contribution < 1.29 is 34.0 Å². The van der Waals surface area contributed by atoms with Crippen LogP contribution < -0.4 is 0 Å². The molecule has 0 amide bonds. The van der Waals surface area contributed by atoms with Crippen LogP contribution in [0.3, 0.4) is 0 Å². The summed E-state index contributed by atoms with van der Waals surface area (Å²) in [5.74, 6) is -0.906. The number of phenolic OH excluding ortho intramolecular Hbond substituents is 1. The van der Waals surface area contributed by atoms with Crippen molar-refractivity contribution in [3.8, 4) is 5.75 Å². The van der Waals surface area contributed by atoms with E-state index in [1.807, 2.05) is 19.9 Å². The van der Waals surface area contributed by atoms with Crippen LogP contribution in [-0.4, -0.2) is 66.5 Å². The van der Waals surface area contributed by atoms with Crippen LogP contribution in [0.2, 0.25) is 0 Å². The summed E-state index contributed by atoms with van der Waals surface area (Å²) in [7, 11) is 0. The second-order valence-electron chi connectivity index (χ2n) is 7.95. The summed E-state index contributed by atoms with van der Waals surface area (Å²) in [6, 6.07) is 0. The van der Waals surface area contributed by atoms with Crippen molar-refractivity contribution in [3.63, 3.8) is 0 Å². The molecule has 8 nitrogen and oxygen atoms in total. The van der Waals surface area contributed by atoms with Crippen molar-refractivity contribution in [2.75, 3.05) is 39.5 Å². The summed E-state index contributed by atoms with van der Waals surface area (Å²) in [6.07, 6.45) is 3.07. The summed E-state index contributed by atoms with van der Waals surface area (Å²) in [6.45, 7) is 7.86. The summed E-state index contributed by atoms with van der Waals surface area (Å²) in [4.78, 5) is 26.2. The average molecular weight is 434 g/mol. The van der Waals surface area contributed by atoms with Gasteiger partial charge in [0.2, 0.25) is 0 Å². The van der Waals surface area contributed by atoms with E-state index in [9.17, 15) is 19.8 Å². The predicted octanol–water partition coefficient (Wildman–Crippen LogP) is 2.01. The zero-order valence-corrected chi connectivity index (χ0v) is 18.2. The van der Waals surface area contributed by atoms with Crippen molar-refractivity contribution in [2.45, 2.75) is 46.3 Å². The molecule has 170 valence electrons. The Morgan fingerprint density at radius 2 is 1.97 bits per heavy atom. The first kappa shape index (κ1) is 23.2. The normalized spacial score (nSPS) is 16.9. The molecule has 1 fully saturated rings. The third-order valence-corrected chi connectivity index (χ3v) is 5.96. The number of hydrogen-bond acceptors (Lipinski definition) is 8. The highest BCUT2D eigenvalue weighted by Gasteiger charge is 2.31. The van der Waals surface area contributed by atoms with Crippen LogP contribution >= 0.6 is 0 Å². The maximum absolute atomic E-state index is 12.0. The van der Waals surface area contributed by atoms with Crippen LogP contribution in [0, 0.1) is 6.92 Å². The van der Waals surface area contributed by atoms with Crippen molar-refractivity contribution >= 4 is 11.9 Å². The van der Waals surface area contributed by atoms with Crippen LogP contribution in [0.15, 0.2) is 11.6 Å². The molecule has 0 unspecified atom stereocenters. The second-order valence-corrected chi connectivity index (χ2v) is 7.95. The van der Waals surface area contributed by atoms with Gasteiger partial charge in [0, 0.05) is 37.2 Å². The number of ether oxygens (including phenoxy) is 3. The van der Waals surface area contributed by atoms with Crippen LogP contribution in [0.4, 0.5) is 0 Å². The standard InChI is InChI=1S/C23H31NO7/c1-15(4-6-20(26)30-12-9-24-7-10-29-11-8-24)3-5-17-18(13-25)16(2)19-14-31-23(28)21(19)22(17)27/h3,25,27H,4-14H2,1-2H3/b15-3+. The van der Waals surface area contributed by atoms with E-state index < -0.39 is 5.97 Å². The lowest BCUT2D eigenvalue weighted by Gasteiger charge is -2.26. The Labute approximate surface area is 182 Å². The Kier molecular flexibility index (Phi) is 8.06. The molecule has 0 aliphatic carbocycles. The minimum Gasteiger partial charge on any atom is -0.507 e. The number of rotatable bonds is 9. The van der Waals surface area contributed by atoms with Gasteiger partial charge in [0.1, 0.15) is 24.5 Å². The van der Waals surface area contributed by atoms with Gasteiger partial charge in [-0.15, -0.1) is 0 Å². The Morgan fingerprint density at radius 1 is 1.23 bits per heavy atom. The molecule has 0 bridgehead atoms. The number of esters is 2. The minimum atomic E-state index is -0.540. The average Bonchev–Trinajstić information content (AvgIpc) is 3.16. The fourth-order valence-electron chi connectivity index (χ4n) is 3.94. The molecule has 1 aromatic carbocycles. The molecule has 31 heavy (non-hydrogen) atoms. The lowest BCUT2D eigenvalue weighted by atomic mass is 9.90. The van der Waals surface area contributed by atoms with Gasteiger partial charge in [-0.1, -0.05) is 11.6 Å². The van der Waals surface area contributed by atoms with E-state index in [-0.39, 0.29) is 36.9 Å². The van der Waals surface area contributed by atoms with Crippen molar-refractivity contribution in [3.05, 3.63) is 39.5 Å². The molecule has 0 radical (unpaired) electrons. The van der Waals surface area contributed by atoms with Gasteiger partial charge in [-0.25, -0.2) is 4.79 Å². The van der Waals surface area contributed by atoms with Crippen LogP contribution in [0.5, 0.6) is 5.75 Å². The van der Waals surface area contributed by atoms with E-state index in [2.05, 4.69) is 4.90 Å². The van der Waals surface area contributed by atoms with Gasteiger partial charge in [0.05, 0.1) is 19.8 Å². The maximum Gasteiger partial charge on any atom is 0.342 e. The van der Waals surface area contributed by atoms with Crippen LogP contribution in [0.25, 0.3) is 0 Å². The highest BCUT2D eigenvalue weighted by atomic mass is 16.5. The molecule has 0 atom stereocenters. The third kappa shape index (κ3) is 5.64. The topological polar surface area (TPSA) is 106 Å². The van der Waals surface area contributed by atoms with E-state index >= 15 is 0 Å². The summed E-state index contributed by atoms with van der Waals surface area (Å²) < 4.78 is 15.7. The number of aliphatic hydroxyl groups excluding tert-OH is 1. The highest BCUT2D eigenvalue weighted by molar-refractivity contribution is 5.97. The molecule has 2 heterocycles. The number of carbonyl (C=O) groups is 2. The Morgan fingerprint density at radius 3 is 2.68 bits per heavy atom. The SMILES string of the molecule is C/C(=C\Cc1c(O)c2c(c(C)c1CO)COC2=O)CCC(=O)OCCN1CCOCC1. The number of fused-ring (bicyclic) bond motifs is 1. The highest BCUT2D eigenvalue weighted by Crippen LogP contribution is 2.38.